The van der Waals surface area contributed by atoms with Gasteiger partial charge in [-0.15, -0.1) is 5.10 Å². The van der Waals surface area contributed by atoms with Crippen molar-refractivity contribution in [1.29, 1.82) is 0 Å². The lowest BCUT2D eigenvalue weighted by molar-refractivity contribution is -0.123. The predicted octanol–water partition coefficient (Wildman–Crippen LogP) is 4.21. The first-order chi connectivity index (χ1) is 16.0. The number of anilines is 1. The van der Waals surface area contributed by atoms with Crippen LogP contribution in [0.5, 0.6) is 11.5 Å². The van der Waals surface area contributed by atoms with Crippen molar-refractivity contribution in [2.75, 3.05) is 19.0 Å². The van der Waals surface area contributed by atoms with Crippen molar-refractivity contribution in [1.82, 2.24) is 5.32 Å². The molecule has 1 aliphatic rings. The molecule has 1 unspecified atom stereocenters. The van der Waals surface area contributed by atoms with Gasteiger partial charge in [-0.3, -0.25) is 9.59 Å². The van der Waals surface area contributed by atoms with E-state index in [4.69, 9.17) is 9.47 Å². The number of carbonyl (C=O) groups is 2. The standard InChI is InChI=1S/C24H28N4O4S/c1-4-5-14-32-20-12-8-18(9-13-20)25-23(30)21-15-22(29)26-24(33-21)28-27-16(2)17-6-10-19(31-3)11-7-17/h6-13,21H,4-5,14-15H2,1-3H3,(H,25,30)(H,26,28,29)/b27-16+. The van der Waals surface area contributed by atoms with Gasteiger partial charge in [0.1, 0.15) is 16.7 Å². The zero-order valence-electron chi connectivity index (χ0n) is 19.0. The first-order valence-electron chi connectivity index (χ1n) is 10.8. The van der Waals surface area contributed by atoms with Gasteiger partial charge in [-0.25, -0.2) is 0 Å². The van der Waals surface area contributed by atoms with Gasteiger partial charge in [0, 0.05) is 12.1 Å². The van der Waals surface area contributed by atoms with Gasteiger partial charge in [0.15, 0.2) is 5.17 Å². The van der Waals surface area contributed by atoms with Crippen LogP contribution in [0.15, 0.2) is 58.7 Å². The van der Waals surface area contributed by atoms with Crippen LogP contribution in [0.25, 0.3) is 0 Å². The van der Waals surface area contributed by atoms with Gasteiger partial charge in [0.2, 0.25) is 11.8 Å². The Balaban J connectivity index is 1.60. The number of hydrogen-bond acceptors (Lipinski definition) is 7. The Labute approximate surface area is 197 Å². The summed E-state index contributed by atoms with van der Waals surface area (Å²) in [6.07, 6.45) is 2.13. The number of ether oxygens (including phenoxy) is 2. The molecule has 9 heteroatoms. The molecule has 0 aliphatic carbocycles. The minimum Gasteiger partial charge on any atom is -0.497 e. The molecule has 2 aromatic carbocycles. The number of benzene rings is 2. The van der Waals surface area contributed by atoms with Crippen LogP contribution in [-0.4, -0.2) is 41.7 Å². The monoisotopic (exact) mass is 468 g/mol. The number of hydrogen-bond donors (Lipinski definition) is 2. The molecule has 0 saturated carbocycles. The molecule has 174 valence electrons. The van der Waals surface area contributed by atoms with E-state index in [0.29, 0.717) is 23.2 Å². The van der Waals surface area contributed by atoms with E-state index in [1.54, 1.807) is 19.2 Å². The fourth-order valence-corrected chi connectivity index (χ4v) is 3.87. The molecule has 8 nitrogen and oxygen atoms in total. The summed E-state index contributed by atoms with van der Waals surface area (Å²) in [6.45, 7) is 4.59. The van der Waals surface area contributed by atoms with Crippen LogP contribution >= 0.6 is 11.8 Å². The van der Waals surface area contributed by atoms with Gasteiger partial charge in [-0.1, -0.05) is 25.1 Å². The van der Waals surface area contributed by atoms with Crippen molar-refractivity contribution < 1.29 is 19.1 Å². The van der Waals surface area contributed by atoms with Crippen molar-refractivity contribution in [3.05, 3.63) is 54.1 Å². The molecule has 0 aromatic heterocycles. The number of rotatable bonds is 9. The maximum absolute atomic E-state index is 12.7. The van der Waals surface area contributed by atoms with Crippen LogP contribution in [0.4, 0.5) is 5.69 Å². The normalized spacial score (nSPS) is 17.4. The van der Waals surface area contributed by atoms with Crippen LogP contribution < -0.4 is 20.1 Å². The Bertz CT molecular complexity index is 1020. The van der Waals surface area contributed by atoms with Crippen LogP contribution in [0.1, 0.15) is 38.7 Å². The van der Waals surface area contributed by atoms with E-state index in [0.717, 1.165) is 29.9 Å². The highest BCUT2D eigenvalue weighted by Crippen LogP contribution is 2.23. The van der Waals surface area contributed by atoms with Gasteiger partial charge in [0.05, 0.1) is 19.4 Å². The highest BCUT2D eigenvalue weighted by atomic mass is 32.2. The van der Waals surface area contributed by atoms with E-state index in [9.17, 15) is 9.59 Å². The second-order valence-electron chi connectivity index (χ2n) is 7.39. The third-order valence-corrected chi connectivity index (χ3v) is 5.92. The molecule has 1 heterocycles. The van der Waals surface area contributed by atoms with Gasteiger partial charge in [0.25, 0.3) is 0 Å². The molecule has 2 aromatic rings. The third-order valence-electron chi connectivity index (χ3n) is 4.85. The Hall–Kier alpha value is -3.33. The fraction of sp³-hybridized carbons (Fsp3) is 0.333. The number of unbranched alkanes of at least 4 members (excludes halogenated alkanes) is 1. The van der Waals surface area contributed by atoms with Gasteiger partial charge in [-0.2, -0.15) is 5.10 Å². The molecule has 3 rings (SSSR count). The molecule has 0 spiro atoms. The van der Waals surface area contributed by atoms with Crippen LogP contribution in [0.3, 0.4) is 0 Å². The number of nitrogens with one attached hydrogen (secondary N) is 2. The molecule has 2 N–H and O–H groups in total. The largest absolute Gasteiger partial charge is 0.497 e. The van der Waals surface area contributed by atoms with Gasteiger partial charge < -0.3 is 20.1 Å². The lowest BCUT2D eigenvalue weighted by atomic mass is 10.1. The van der Waals surface area contributed by atoms with E-state index in [1.807, 2.05) is 43.3 Å². The average molecular weight is 469 g/mol. The highest BCUT2D eigenvalue weighted by molar-refractivity contribution is 8.15. The summed E-state index contributed by atoms with van der Waals surface area (Å²) >= 11 is 1.18. The molecule has 1 fully saturated rings. The highest BCUT2D eigenvalue weighted by Gasteiger charge is 2.30. The summed E-state index contributed by atoms with van der Waals surface area (Å²) in [4.78, 5) is 24.9. The third kappa shape index (κ3) is 7.35. The van der Waals surface area contributed by atoms with Gasteiger partial charge >= 0.3 is 0 Å². The summed E-state index contributed by atoms with van der Waals surface area (Å²) in [5, 5.41) is 13.6. The van der Waals surface area contributed by atoms with Crippen molar-refractivity contribution >= 4 is 40.1 Å². The Morgan fingerprint density at radius 2 is 1.85 bits per heavy atom. The molecule has 1 atom stereocenters. The van der Waals surface area contributed by atoms with E-state index in [1.165, 1.54) is 11.8 Å². The molecule has 0 radical (unpaired) electrons. The predicted molar refractivity (Wildman–Crippen MR) is 132 cm³/mol. The van der Waals surface area contributed by atoms with Crippen LogP contribution in [-0.2, 0) is 9.59 Å². The Morgan fingerprint density at radius 3 is 2.52 bits per heavy atom. The number of amides is 2. The Morgan fingerprint density at radius 1 is 1.15 bits per heavy atom. The molecular formula is C24H28N4O4S. The zero-order chi connectivity index (χ0) is 23.6. The van der Waals surface area contributed by atoms with Crippen molar-refractivity contribution in [2.24, 2.45) is 10.2 Å². The molecule has 0 bridgehead atoms. The maximum Gasteiger partial charge on any atom is 0.238 e. The molecule has 1 aliphatic heterocycles. The number of thioether (sulfide) groups is 1. The SMILES string of the molecule is CCCCOc1ccc(NC(=O)C2CC(=O)N/C(=N\N=C(/C)c3ccc(OC)cc3)S2)cc1. The van der Waals surface area contributed by atoms with Crippen molar-refractivity contribution in [2.45, 2.75) is 38.4 Å². The van der Waals surface area contributed by atoms with E-state index >= 15 is 0 Å². The average Bonchev–Trinajstić information content (AvgIpc) is 2.83. The summed E-state index contributed by atoms with van der Waals surface area (Å²) < 4.78 is 10.8. The first kappa shape index (κ1) is 24.3. The lowest BCUT2D eigenvalue weighted by Crippen LogP contribution is -2.41. The van der Waals surface area contributed by atoms with Crippen molar-refractivity contribution in [3.8, 4) is 11.5 Å². The minimum absolute atomic E-state index is 0.0644. The number of amidine groups is 1. The summed E-state index contributed by atoms with van der Waals surface area (Å²) in [7, 11) is 1.61. The molecule has 33 heavy (non-hydrogen) atoms. The minimum atomic E-state index is -0.602. The summed E-state index contributed by atoms with van der Waals surface area (Å²) in [6, 6.07) is 14.6. The second-order valence-corrected chi connectivity index (χ2v) is 8.58. The quantitative estimate of drug-likeness (QED) is 0.326. The van der Waals surface area contributed by atoms with E-state index < -0.39 is 5.25 Å². The zero-order valence-corrected chi connectivity index (χ0v) is 19.8. The van der Waals surface area contributed by atoms with E-state index in [-0.39, 0.29) is 18.2 Å². The smallest absolute Gasteiger partial charge is 0.238 e. The maximum atomic E-state index is 12.7. The van der Waals surface area contributed by atoms with Crippen LogP contribution in [0.2, 0.25) is 0 Å². The van der Waals surface area contributed by atoms with Crippen LogP contribution in [0, 0.1) is 0 Å². The van der Waals surface area contributed by atoms with Gasteiger partial charge in [-0.05, 0) is 67.4 Å². The topological polar surface area (TPSA) is 101 Å². The molecule has 2 amide bonds. The van der Waals surface area contributed by atoms with E-state index in [2.05, 4.69) is 27.8 Å². The summed E-state index contributed by atoms with van der Waals surface area (Å²) in [5.74, 6) is 0.968. The molecular weight excluding hydrogens is 440 g/mol. The first-order valence-corrected chi connectivity index (χ1v) is 11.6. The number of methoxy groups -OCH3 is 1. The number of nitrogens with zero attached hydrogens (tertiary/aromatic N) is 2. The van der Waals surface area contributed by atoms with Crippen molar-refractivity contribution in [3.63, 3.8) is 0 Å². The summed E-state index contributed by atoms with van der Waals surface area (Å²) in [5.41, 5.74) is 2.19. The number of carbonyl (C=O) groups excluding carboxylic acids is 2. The fourth-order valence-electron chi connectivity index (χ4n) is 2.94. The Kier molecular flexibility index (Phi) is 8.88. The molecule has 1 saturated heterocycles. The lowest BCUT2D eigenvalue weighted by Gasteiger charge is -2.21. The second kappa shape index (κ2) is 12.1.